The Morgan fingerprint density at radius 3 is 2.58 bits per heavy atom. The van der Waals surface area contributed by atoms with Crippen molar-refractivity contribution in [3.05, 3.63) is 65.7 Å². The molecule has 0 saturated carbocycles. The highest BCUT2D eigenvalue weighted by atomic mass is 16.3. The van der Waals surface area contributed by atoms with E-state index in [-0.39, 0.29) is 11.6 Å². The summed E-state index contributed by atoms with van der Waals surface area (Å²) >= 11 is 0. The summed E-state index contributed by atoms with van der Waals surface area (Å²) in [5.41, 5.74) is 0.518. The predicted octanol–water partition coefficient (Wildman–Crippen LogP) is 1.94. The van der Waals surface area contributed by atoms with Gasteiger partial charge in [-0.05, 0) is 37.6 Å². The molecule has 1 aromatic heterocycles. The maximum absolute atomic E-state index is 12.3. The van der Waals surface area contributed by atoms with E-state index in [2.05, 4.69) is 10.6 Å². The van der Waals surface area contributed by atoms with Crippen molar-refractivity contribution in [1.82, 2.24) is 10.6 Å². The van der Waals surface area contributed by atoms with Gasteiger partial charge in [-0.3, -0.25) is 9.59 Å². The third-order valence-electron chi connectivity index (χ3n) is 3.21. The molecule has 0 saturated heterocycles. The van der Waals surface area contributed by atoms with E-state index >= 15 is 0 Å². The zero-order chi connectivity index (χ0) is 17.4. The van der Waals surface area contributed by atoms with Crippen LogP contribution in [0.25, 0.3) is 6.08 Å². The molecule has 3 N–H and O–H groups in total. The Labute approximate surface area is 140 Å². The smallest absolute Gasteiger partial charge is 0.267 e. The van der Waals surface area contributed by atoms with Gasteiger partial charge in [0.1, 0.15) is 11.5 Å². The Bertz CT molecular complexity index is 691. The SMILES string of the molecule is CC(O)CCNC(=O)C(=Cc1ccco1)NC(=O)c1ccccc1. The van der Waals surface area contributed by atoms with Crippen LogP contribution in [0.2, 0.25) is 0 Å². The number of hydrogen-bond acceptors (Lipinski definition) is 4. The van der Waals surface area contributed by atoms with E-state index in [1.54, 1.807) is 49.4 Å². The molecule has 1 heterocycles. The van der Waals surface area contributed by atoms with E-state index in [9.17, 15) is 14.7 Å². The summed E-state index contributed by atoms with van der Waals surface area (Å²) in [6.45, 7) is 1.94. The van der Waals surface area contributed by atoms with Crippen LogP contribution in [-0.4, -0.2) is 29.6 Å². The van der Waals surface area contributed by atoms with Gasteiger partial charge in [0.2, 0.25) is 0 Å². The molecule has 2 rings (SSSR count). The maximum atomic E-state index is 12.3. The Hall–Kier alpha value is -2.86. The van der Waals surface area contributed by atoms with Gasteiger partial charge in [0, 0.05) is 18.2 Å². The molecule has 2 aromatic rings. The lowest BCUT2D eigenvalue weighted by molar-refractivity contribution is -0.117. The van der Waals surface area contributed by atoms with Crippen LogP contribution in [0.3, 0.4) is 0 Å². The van der Waals surface area contributed by atoms with Gasteiger partial charge in [0.05, 0.1) is 12.4 Å². The lowest BCUT2D eigenvalue weighted by Crippen LogP contribution is -2.35. The van der Waals surface area contributed by atoms with E-state index in [0.717, 1.165) is 0 Å². The van der Waals surface area contributed by atoms with Gasteiger partial charge in [-0.1, -0.05) is 18.2 Å². The Morgan fingerprint density at radius 1 is 1.21 bits per heavy atom. The standard InChI is InChI=1S/C18H20N2O4/c1-13(21)9-10-19-18(23)16(12-15-8-5-11-24-15)20-17(22)14-6-3-2-4-7-14/h2-8,11-13,21H,9-10H2,1H3,(H,19,23)(H,20,22). The van der Waals surface area contributed by atoms with E-state index in [4.69, 9.17) is 4.42 Å². The average molecular weight is 328 g/mol. The topological polar surface area (TPSA) is 91.6 Å². The monoisotopic (exact) mass is 328 g/mol. The maximum Gasteiger partial charge on any atom is 0.267 e. The molecule has 0 bridgehead atoms. The minimum Gasteiger partial charge on any atom is -0.465 e. The normalized spacial score (nSPS) is 12.5. The number of nitrogens with one attached hydrogen (secondary N) is 2. The molecule has 0 spiro atoms. The summed E-state index contributed by atoms with van der Waals surface area (Å²) in [6, 6.07) is 12.0. The summed E-state index contributed by atoms with van der Waals surface area (Å²) in [5, 5.41) is 14.5. The summed E-state index contributed by atoms with van der Waals surface area (Å²) in [5.74, 6) is -0.389. The highest BCUT2D eigenvalue weighted by Gasteiger charge is 2.15. The van der Waals surface area contributed by atoms with E-state index in [1.165, 1.54) is 12.3 Å². The zero-order valence-electron chi connectivity index (χ0n) is 13.4. The highest BCUT2D eigenvalue weighted by Crippen LogP contribution is 2.08. The molecule has 6 heteroatoms. The molecule has 0 aliphatic carbocycles. The molecule has 1 aromatic carbocycles. The number of amides is 2. The molecular formula is C18H20N2O4. The summed E-state index contributed by atoms with van der Waals surface area (Å²) in [6.07, 6.45) is 2.85. The van der Waals surface area contributed by atoms with Crippen LogP contribution in [0.5, 0.6) is 0 Å². The van der Waals surface area contributed by atoms with Gasteiger partial charge >= 0.3 is 0 Å². The van der Waals surface area contributed by atoms with Crippen LogP contribution in [0.15, 0.2) is 58.8 Å². The van der Waals surface area contributed by atoms with Crippen molar-refractivity contribution < 1.29 is 19.1 Å². The first-order valence-electron chi connectivity index (χ1n) is 7.64. The van der Waals surface area contributed by atoms with Crippen LogP contribution >= 0.6 is 0 Å². The van der Waals surface area contributed by atoms with Crippen molar-refractivity contribution >= 4 is 17.9 Å². The van der Waals surface area contributed by atoms with E-state index in [0.29, 0.717) is 24.3 Å². The van der Waals surface area contributed by atoms with Crippen molar-refractivity contribution in [2.24, 2.45) is 0 Å². The molecule has 1 unspecified atom stereocenters. The quantitative estimate of drug-likeness (QED) is 0.677. The van der Waals surface area contributed by atoms with Crippen LogP contribution in [0, 0.1) is 0 Å². The lowest BCUT2D eigenvalue weighted by atomic mass is 10.2. The fraction of sp³-hybridized carbons (Fsp3) is 0.222. The number of aliphatic hydroxyl groups is 1. The molecule has 0 radical (unpaired) electrons. The third-order valence-corrected chi connectivity index (χ3v) is 3.21. The number of carbonyl (C=O) groups excluding carboxylic acids is 2. The second-order valence-electron chi connectivity index (χ2n) is 5.29. The average Bonchev–Trinajstić information content (AvgIpc) is 3.07. The zero-order valence-corrected chi connectivity index (χ0v) is 13.4. The molecule has 24 heavy (non-hydrogen) atoms. The van der Waals surface area contributed by atoms with Crippen molar-refractivity contribution in [2.45, 2.75) is 19.4 Å². The molecule has 2 amide bonds. The summed E-state index contributed by atoms with van der Waals surface area (Å²) in [4.78, 5) is 24.6. The minimum absolute atomic E-state index is 0.0735. The Morgan fingerprint density at radius 2 is 1.96 bits per heavy atom. The molecule has 0 aliphatic heterocycles. The first-order chi connectivity index (χ1) is 11.6. The Balaban J connectivity index is 2.11. The van der Waals surface area contributed by atoms with E-state index < -0.39 is 12.0 Å². The number of aliphatic hydroxyl groups excluding tert-OH is 1. The number of furan rings is 1. The van der Waals surface area contributed by atoms with Crippen molar-refractivity contribution in [3.8, 4) is 0 Å². The van der Waals surface area contributed by atoms with Crippen LogP contribution in [-0.2, 0) is 4.79 Å². The molecule has 0 fully saturated rings. The van der Waals surface area contributed by atoms with Gasteiger partial charge in [-0.15, -0.1) is 0 Å². The van der Waals surface area contributed by atoms with Crippen molar-refractivity contribution in [2.75, 3.05) is 6.54 Å². The Kier molecular flexibility index (Phi) is 6.33. The second-order valence-corrected chi connectivity index (χ2v) is 5.29. The van der Waals surface area contributed by atoms with Crippen molar-refractivity contribution in [1.29, 1.82) is 0 Å². The fourth-order valence-corrected chi connectivity index (χ4v) is 1.95. The molecule has 6 nitrogen and oxygen atoms in total. The summed E-state index contributed by atoms with van der Waals surface area (Å²) < 4.78 is 5.20. The van der Waals surface area contributed by atoms with Gasteiger partial charge in [-0.25, -0.2) is 0 Å². The van der Waals surface area contributed by atoms with Crippen LogP contribution in [0.1, 0.15) is 29.5 Å². The fourth-order valence-electron chi connectivity index (χ4n) is 1.95. The van der Waals surface area contributed by atoms with Gasteiger partial charge < -0.3 is 20.2 Å². The third kappa shape index (κ3) is 5.40. The largest absolute Gasteiger partial charge is 0.465 e. The minimum atomic E-state index is -0.512. The van der Waals surface area contributed by atoms with Crippen LogP contribution < -0.4 is 10.6 Å². The van der Waals surface area contributed by atoms with Gasteiger partial charge in [0.25, 0.3) is 11.8 Å². The summed E-state index contributed by atoms with van der Waals surface area (Å²) in [7, 11) is 0. The number of rotatable bonds is 7. The van der Waals surface area contributed by atoms with E-state index in [1.807, 2.05) is 0 Å². The number of carbonyl (C=O) groups is 2. The lowest BCUT2D eigenvalue weighted by Gasteiger charge is -2.11. The molecule has 1 atom stereocenters. The molecule has 126 valence electrons. The van der Waals surface area contributed by atoms with Gasteiger partial charge in [0.15, 0.2) is 0 Å². The first kappa shape index (κ1) is 17.5. The number of benzene rings is 1. The van der Waals surface area contributed by atoms with Gasteiger partial charge in [-0.2, -0.15) is 0 Å². The van der Waals surface area contributed by atoms with Crippen molar-refractivity contribution in [3.63, 3.8) is 0 Å². The first-order valence-corrected chi connectivity index (χ1v) is 7.64. The predicted molar refractivity (Wildman–Crippen MR) is 89.9 cm³/mol. The molecule has 0 aliphatic rings. The van der Waals surface area contributed by atoms with Crippen LogP contribution in [0.4, 0.5) is 0 Å². The number of hydrogen-bond donors (Lipinski definition) is 3. The second kappa shape index (κ2) is 8.69. The molecular weight excluding hydrogens is 308 g/mol. The highest BCUT2D eigenvalue weighted by molar-refractivity contribution is 6.05.